The molecule has 0 aliphatic heterocycles. The van der Waals surface area contributed by atoms with Crippen molar-refractivity contribution in [1.29, 1.82) is 0 Å². The van der Waals surface area contributed by atoms with Crippen molar-refractivity contribution < 1.29 is 4.79 Å². The average Bonchev–Trinajstić information content (AvgIpc) is 2.51. The van der Waals surface area contributed by atoms with E-state index in [2.05, 4.69) is 5.32 Å². The Bertz CT molecular complexity index is 245. The lowest BCUT2D eigenvalue weighted by molar-refractivity contribution is -0.127. The van der Waals surface area contributed by atoms with E-state index in [1.165, 1.54) is 0 Å². The molecule has 0 atom stereocenters. The van der Waals surface area contributed by atoms with E-state index in [4.69, 9.17) is 18.0 Å². The van der Waals surface area contributed by atoms with Crippen LogP contribution in [-0.2, 0) is 4.79 Å². The summed E-state index contributed by atoms with van der Waals surface area (Å²) in [6.07, 6.45) is 3.70. The largest absolute Gasteiger partial charge is 0.392 e. The number of thiocarbonyl (C=S) groups is 1. The quantitative estimate of drug-likeness (QED) is 0.697. The van der Waals surface area contributed by atoms with Gasteiger partial charge >= 0.3 is 0 Å². The highest BCUT2D eigenvalue weighted by molar-refractivity contribution is 7.80. The highest BCUT2D eigenvalue weighted by Gasteiger charge is 2.43. The molecule has 80 valence electrons. The summed E-state index contributed by atoms with van der Waals surface area (Å²) in [7, 11) is 0. The van der Waals surface area contributed by atoms with Gasteiger partial charge in [-0.05, 0) is 26.7 Å². The number of amides is 1. The van der Waals surface area contributed by atoms with Crippen molar-refractivity contribution in [1.82, 2.24) is 5.32 Å². The molecule has 1 saturated carbocycles. The minimum atomic E-state index is -0.556. The average molecular weight is 214 g/mol. The van der Waals surface area contributed by atoms with Gasteiger partial charge in [0.15, 0.2) is 0 Å². The summed E-state index contributed by atoms with van der Waals surface area (Å²) in [6.45, 7) is 3.89. The van der Waals surface area contributed by atoms with Gasteiger partial charge in [0.25, 0.3) is 0 Å². The van der Waals surface area contributed by atoms with Gasteiger partial charge in [0.05, 0.1) is 10.4 Å². The van der Waals surface area contributed by atoms with Crippen molar-refractivity contribution in [2.45, 2.75) is 45.6 Å². The summed E-state index contributed by atoms with van der Waals surface area (Å²) < 4.78 is 0. The Kier molecular flexibility index (Phi) is 3.48. The first-order valence-electron chi connectivity index (χ1n) is 5.10. The first kappa shape index (κ1) is 11.4. The fraction of sp³-hybridized carbons (Fsp3) is 0.800. The minimum absolute atomic E-state index is 0.0116. The Morgan fingerprint density at radius 2 is 1.93 bits per heavy atom. The zero-order valence-corrected chi connectivity index (χ0v) is 9.62. The Morgan fingerprint density at radius 3 is 2.29 bits per heavy atom. The van der Waals surface area contributed by atoms with Crippen molar-refractivity contribution in [2.75, 3.05) is 0 Å². The van der Waals surface area contributed by atoms with Crippen LogP contribution in [0.3, 0.4) is 0 Å². The van der Waals surface area contributed by atoms with Crippen LogP contribution in [-0.4, -0.2) is 16.9 Å². The van der Waals surface area contributed by atoms with Crippen LogP contribution in [0.2, 0.25) is 0 Å². The third-order valence-electron chi connectivity index (χ3n) is 2.78. The molecule has 3 nitrogen and oxygen atoms in total. The standard InChI is InChI=1S/C10H18N2OS/c1-7(2)12-9(13)10(8(11)14)5-3-4-6-10/h7H,3-6H2,1-2H3,(H2,11,14)(H,12,13). The molecule has 1 rings (SSSR count). The maximum atomic E-state index is 11.9. The van der Waals surface area contributed by atoms with E-state index in [9.17, 15) is 4.79 Å². The van der Waals surface area contributed by atoms with Crippen molar-refractivity contribution in [2.24, 2.45) is 11.1 Å². The van der Waals surface area contributed by atoms with Crippen LogP contribution in [0.1, 0.15) is 39.5 Å². The molecule has 0 heterocycles. The Labute approximate surface area is 90.4 Å². The lowest BCUT2D eigenvalue weighted by atomic mass is 9.85. The van der Waals surface area contributed by atoms with Crippen LogP contribution in [0.15, 0.2) is 0 Å². The molecule has 0 unspecified atom stereocenters. The number of carbonyl (C=O) groups is 1. The number of rotatable bonds is 3. The van der Waals surface area contributed by atoms with E-state index in [-0.39, 0.29) is 11.9 Å². The fourth-order valence-electron chi connectivity index (χ4n) is 1.96. The van der Waals surface area contributed by atoms with E-state index >= 15 is 0 Å². The first-order valence-corrected chi connectivity index (χ1v) is 5.51. The molecule has 0 aromatic carbocycles. The van der Waals surface area contributed by atoms with E-state index in [1.807, 2.05) is 13.8 Å². The fourth-order valence-corrected chi connectivity index (χ4v) is 2.26. The number of carbonyl (C=O) groups excluding carboxylic acids is 1. The molecule has 3 N–H and O–H groups in total. The Morgan fingerprint density at radius 1 is 1.43 bits per heavy atom. The second kappa shape index (κ2) is 4.26. The van der Waals surface area contributed by atoms with Gasteiger partial charge in [-0.1, -0.05) is 25.1 Å². The molecule has 14 heavy (non-hydrogen) atoms. The van der Waals surface area contributed by atoms with Gasteiger partial charge in [-0.25, -0.2) is 0 Å². The van der Waals surface area contributed by atoms with Crippen molar-refractivity contribution in [3.63, 3.8) is 0 Å². The summed E-state index contributed by atoms with van der Waals surface area (Å²) >= 11 is 5.01. The predicted molar refractivity (Wildman–Crippen MR) is 61.0 cm³/mol. The van der Waals surface area contributed by atoms with Crippen LogP contribution in [0.4, 0.5) is 0 Å². The summed E-state index contributed by atoms with van der Waals surface area (Å²) in [6, 6.07) is 0.148. The number of hydrogen-bond donors (Lipinski definition) is 2. The molecule has 0 spiro atoms. The molecule has 1 aliphatic carbocycles. The van der Waals surface area contributed by atoms with E-state index < -0.39 is 5.41 Å². The van der Waals surface area contributed by atoms with E-state index in [0.29, 0.717) is 4.99 Å². The molecule has 0 aromatic rings. The van der Waals surface area contributed by atoms with Crippen LogP contribution in [0.25, 0.3) is 0 Å². The van der Waals surface area contributed by atoms with Gasteiger partial charge < -0.3 is 11.1 Å². The first-order chi connectivity index (χ1) is 6.49. The Balaban J connectivity index is 2.77. The van der Waals surface area contributed by atoms with Crippen LogP contribution < -0.4 is 11.1 Å². The highest BCUT2D eigenvalue weighted by Crippen LogP contribution is 2.38. The third-order valence-corrected chi connectivity index (χ3v) is 3.17. The van der Waals surface area contributed by atoms with Crippen LogP contribution in [0, 0.1) is 5.41 Å². The van der Waals surface area contributed by atoms with Crippen molar-refractivity contribution >= 4 is 23.1 Å². The number of nitrogens with two attached hydrogens (primary N) is 1. The SMILES string of the molecule is CC(C)NC(=O)C1(C(N)=S)CCCC1. The topological polar surface area (TPSA) is 55.1 Å². The molecule has 0 bridgehead atoms. The maximum absolute atomic E-state index is 11.9. The summed E-state index contributed by atoms with van der Waals surface area (Å²) in [5.41, 5.74) is 5.12. The van der Waals surface area contributed by atoms with Gasteiger partial charge in [-0.2, -0.15) is 0 Å². The molecule has 1 aliphatic rings. The van der Waals surface area contributed by atoms with Crippen LogP contribution in [0.5, 0.6) is 0 Å². The van der Waals surface area contributed by atoms with Crippen molar-refractivity contribution in [3.05, 3.63) is 0 Å². The predicted octanol–water partition coefficient (Wildman–Crippen LogP) is 1.36. The number of hydrogen-bond acceptors (Lipinski definition) is 2. The smallest absolute Gasteiger partial charge is 0.233 e. The van der Waals surface area contributed by atoms with Gasteiger partial charge in [0.2, 0.25) is 5.91 Å². The van der Waals surface area contributed by atoms with E-state index in [0.717, 1.165) is 25.7 Å². The van der Waals surface area contributed by atoms with Gasteiger partial charge in [0.1, 0.15) is 0 Å². The van der Waals surface area contributed by atoms with Crippen LogP contribution >= 0.6 is 12.2 Å². The summed E-state index contributed by atoms with van der Waals surface area (Å²) in [4.78, 5) is 12.3. The second-order valence-corrected chi connectivity index (χ2v) is 4.72. The normalized spacial score (nSPS) is 19.6. The molecule has 1 amide bonds. The molecule has 0 aromatic heterocycles. The van der Waals surface area contributed by atoms with E-state index in [1.54, 1.807) is 0 Å². The molecular weight excluding hydrogens is 196 g/mol. The summed E-state index contributed by atoms with van der Waals surface area (Å²) in [5.74, 6) is 0.0116. The minimum Gasteiger partial charge on any atom is -0.392 e. The van der Waals surface area contributed by atoms with Gasteiger partial charge in [-0.15, -0.1) is 0 Å². The zero-order valence-electron chi connectivity index (χ0n) is 8.80. The lowest BCUT2D eigenvalue weighted by Gasteiger charge is -2.27. The molecule has 4 heteroatoms. The third kappa shape index (κ3) is 2.05. The number of nitrogens with one attached hydrogen (secondary N) is 1. The monoisotopic (exact) mass is 214 g/mol. The highest BCUT2D eigenvalue weighted by atomic mass is 32.1. The Hall–Kier alpha value is -0.640. The lowest BCUT2D eigenvalue weighted by Crippen LogP contribution is -2.49. The maximum Gasteiger partial charge on any atom is 0.233 e. The molecule has 1 fully saturated rings. The zero-order chi connectivity index (χ0) is 10.8. The molecular formula is C10H18N2OS. The molecule has 0 saturated heterocycles. The second-order valence-electron chi connectivity index (χ2n) is 4.28. The van der Waals surface area contributed by atoms with Gasteiger partial charge in [-0.3, -0.25) is 4.79 Å². The van der Waals surface area contributed by atoms with Crippen molar-refractivity contribution in [3.8, 4) is 0 Å². The van der Waals surface area contributed by atoms with Gasteiger partial charge in [0, 0.05) is 6.04 Å². The molecule has 0 radical (unpaired) electrons. The summed E-state index contributed by atoms with van der Waals surface area (Å²) in [5, 5.41) is 2.90.